The molecule has 1 amide bonds. The van der Waals surface area contributed by atoms with Crippen LogP contribution in [-0.2, 0) is 0 Å². The molecule has 1 atom stereocenters. The highest BCUT2D eigenvalue weighted by molar-refractivity contribution is 5.94. The molecule has 1 unspecified atom stereocenters. The maximum Gasteiger partial charge on any atom is 0.251 e. The lowest BCUT2D eigenvalue weighted by Gasteiger charge is -2.25. The molecular formula is C21H25FN2O3. The molecule has 0 saturated heterocycles. The number of benzene rings is 2. The zero-order valence-corrected chi connectivity index (χ0v) is 15.9. The average molecular weight is 372 g/mol. The van der Waals surface area contributed by atoms with E-state index >= 15 is 0 Å². The van der Waals surface area contributed by atoms with Crippen LogP contribution in [0.25, 0.3) is 0 Å². The van der Waals surface area contributed by atoms with Gasteiger partial charge in [-0.1, -0.05) is 24.8 Å². The number of hydrogen-bond acceptors (Lipinski definition) is 4. The third kappa shape index (κ3) is 5.56. The van der Waals surface area contributed by atoms with Crippen LogP contribution in [0.3, 0.4) is 0 Å². The Morgan fingerprint density at radius 2 is 2.04 bits per heavy atom. The second-order valence-corrected chi connectivity index (χ2v) is 6.21. The quantitative estimate of drug-likeness (QED) is 0.685. The number of amides is 1. The molecule has 0 bridgehead atoms. The predicted octanol–water partition coefficient (Wildman–Crippen LogP) is 3.43. The van der Waals surface area contributed by atoms with Crippen molar-refractivity contribution < 1.29 is 18.7 Å². The summed E-state index contributed by atoms with van der Waals surface area (Å²) in [5.74, 6) is 0.469. The van der Waals surface area contributed by atoms with Gasteiger partial charge in [-0.15, -0.1) is 0 Å². The highest BCUT2D eigenvalue weighted by Crippen LogP contribution is 2.28. The average Bonchev–Trinajstić information content (AvgIpc) is 2.66. The summed E-state index contributed by atoms with van der Waals surface area (Å²) in [5.41, 5.74) is 1.25. The van der Waals surface area contributed by atoms with Crippen molar-refractivity contribution in [3.63, 3.8) is 0 Å². The smallest absolute Gasteiger partial charge is 0.251 e. The number of rotatable bonds is 9. The summed E-state index contributed by atoms with van der Waals surface area (Å²) in [5, 5.41) is 2.90. The molecule has 0 aliphatic rings. The van der Waals surface area contributed by atoms with E-state index in [1.165, 1.54) is 19.2 Å². The number of carbonyl (C=O) groups excluding carboxylic acids is 1. The van der Waals surface area contributed by atoms with Gasteiger partial charge in [0.2, 0.25) is 0 Å². The Morgan fingerprint density at radius 3 is 2.67 bits per heavy atom. The van der Waals surface area contributed by atoms with Gasteiger partial charge in [-0.05, 0) is 50.0 Å². The summed E-state index contributed by atoms with van der Waals surface area (Å²) in [6, 6.07) is 11.2. The standard InChI is InChI=1S/C21H25FN2O3/c1-5-11-27-19-10-9-16(13-20(19)26-4)21(25)23-14-18(24(2)3)15-7-6-8-17(22)12-15/h5-10,12-13,18H,1,11,14H2,2-4H3,(H,23,25). The number of likely N-dealkylation sites (N-methyl/N-ethyl adjacent to an activating group) is 1. The molecule has 5 nitrogen and oxygen atoms in total. The molecule has 0 radical (unpaired) electrons. The Bertz CT molecular complexity index is 793. The van der Waals surface area contributed by atoms with Crippen molar-refractivity contribution in [1.29, 1.82) is 0 Å². The summed E-state index contributed by atoms with van der Waals surface area (Å²) in [6.45, 7) is 4.29. The maximum absolute atomic E-state index is 13.5. The summed E-state index contributed by atoms with van der Waals surface area (Å²) in [4.78, 5) is 14.5. The van der Waals surface area contributed by atoms with Crippen molar-refractivity contribution >= 4 is 5.91 Å². The Kier molecular flexibility index (Phi) is 7.37. The molecule has 0 aliphatic carbocycles. The van der Waals surface area contributed by atoms with Gasteiger partial charge in [0.1, 0.15) is 12.4 Å². The third-order valence-corrected chi connectivity index (χ3v) is 4.10. The second kappa shape index (κ2) is 9.73. The van der Waals surface area contributed by atoms with Crippen LogP contribution in [0.5, 0.6) is 11.5 Å². The Labute approximate surface area is 159 Å². The van der Waals surface area contributed by atoms with Crippen LogP contribution in [0, 0.1) is 5.82 Å². The molecule has 0 heterocycles. The van der Waals surface area contributed by atoms with E-state index in [1.807, 2.05) is 25.1 Å². The van der Waals surface area contributed by atoms with E-state index in [0.29, 0.717) is 30.2 Å². The first-order chi connectivity index (χ1) is 13.0. The van der Waals surface area contributed by atoms with E-state index in [4.69, 9.17) is 9.47 Å². The fourth-order valence-electron chi connectivity index (χ4n) is 2.68. The van der Waals surface area contributed by atoms with Gasteiger partial charge in [-0.2, -0.15) is 0 Å². The van der Waals surface area contributed by atoms with Crippen LogP contribution < -0.4 is 14.8 Å². The molecule has 27 heavy (non-hydrogen) atoms. The molecular weight excluding hydrogens is 347 g/mol. The third-order valence-electron chi connectivity index (χ3n) is 4.10. The minimum Gasteiger partial charge on any atom is -0.493 e. The van der Waals surface area contributed by atoms with Gasteiger partial charge in [0.15, 0.2) is 11.5 Å². The summed E-state index contributed by atoms with van der Waals surface area (Å²) in [6.07, 6.45) is 1.63. The van der Waals surface area contributed by atoms with Gasteiger partial charge in [0.05, 0.1) is 13.2 Å². The van der Waals surface area contributed by atoms with Gasteiger partial charge in [0, 0.05) is 12.1 Å². The highest BCUT2D eigenvalue weighted by Gasteiger charge is 2.17. The molecule has 2 aromatic carbocycles. The molecule has 6 heteroatoms. The van der Waals surface area contributed by atoms with Crippen molar-refractivity contribution in [2.45, 2.75) is 6.04 Å². The van der Waals surface area contributed by atoms with Gasteiger partial charge in [0.25, 0.3) is 5.91 Å². The number of methoxy groups -OCH3 is 1. The molecule has 1 N–H and O–H groups in total. The molecule has 0 spiro atoms. The molecule has 0 saturated carbocycles. The highest BCUT2D eigenvalue weighted by atomic mass is 19.1. The minimum atomic E-state index is -0.300. The van der Waals surface area contributed by atoms with Gasteiger partial charge in [-0.3, -0.25) is 4.79 Å². The lowest BCUT2D eigenvalue weighted by atomic mass is 10.1. The largest absolute Gasteiger partial charge is 0.493 e. The van der Waals surface area contributed by atoms with Crippen molar-refractivity contribution in [3.05, 3.63) is 72.1 Å². The summed E-state index contributed by atoms with van der Waals surface area (Å²) >= 11 is 0. The number of carbonyl (C=O) groups is 1. The zero-order valence-electron chi connectivity index (χ0n) is 15.9. The minimum absolute atomic E-state index is 0.151. The number of ether oxygens (including phenoxy) is 2. The first-order valence-corrected chi connectivity index (χ1v) is 8.58. The maximum atomic E-state index is 13.5. The van der Waals surface area contributed by atoms with Crippen LogP contribution >= 0.6 is 0 Å². The van der Waals surface area contributed by atoms with Gasteiger partial charge in [-0.25, -0.2) is 4.39 Å². The lowest BCUT2D eigenvalue weighted by Crippen LogP contribution is -2.34. The van der Waals surface area contributed by atoms with Crippen LogP contribution in [-0.4, -0.2) is 45.2 Å². The van der Waals surface area contributed by atoms with E-state index < -0.39 is 0 Å². The topological polar surface area (TPSA) is 50.8 Å². The SMILES string of the molecule is C=CCOc1ccc(C(=O)NCC(c2cccc(F)c2)N(C)C)cc1OC. The number of nitrogens with zero attached hydrogens (tertiary/aromatic N) is 1. The molecule has 0 aromatic heterocycles. The van der Waals surface area contributed by atoms with Gasteiger partial charge >= 0.3 is 0 Å². The molecule has 0 fully saturated rings. The summed E-state index contributed by atoms with van der Waals surface area (Å²) < 4.78 is 24.3. The van der Waals surface area contributed by atoms with E-state index in [0.717, 1.165) is 5.56 Å². The second-order valence-electron chi connectivity index (χ2n) is 6.21. The van der Waals surface area contributed by atoms with Gasteiger partial charge < -0.3 is 19.7 Å². The van der Waals surface area contributed by atoms with Crippen LogP contribution in [0.2, 0.25) is 0 Å². The van der Waals surface area contributed by atoms with Crippen LogP contribution in [0.4, 0.5) is 4.39 Å². The van der Waals surface area contributed by atoms with E-state index in [9.17, 15) is 9.18 Å². The number of halogens is 1. The van der Waals surface area contributed by atoms with Crippen molar-refractivity contribution in [1.82, 2.24) is 10.2 Å². The predicted molar refractivity (Wildman–Crippen MR) is 104 cm³/mol. The Morgan fingerprint density at radius 1 is 1.26 bits per heavy atom. The van der Waals surface area contributed by atoms with E-state index in [2.05, 4.69) is 11.9 Å². The van der Waals surface area contributed by atoms with Crippen molar-refractivity contribution in [2.75, 3.05) is 34.4 Å². The fourth-order valence-corrected chi connectivity index (χ4v) is 2.68. The normalized spacial score (nSPS) is 11.7. The Balaban J connectivity index is 2.10. The fraction of sp³-hybridized carbons (Fsp3) is 0.286. The van der Waals surface area contributed by atoms with Crippen LogP contribution in [0.15, 0.2) is 55.1 Å². The van der Waals surface area contributed by atoms with E-state index in [1.54, 1.807) is 30.3 Å². The summed E-state index contributed by atoms with van der Waals surface area (Å²) in [7, 11) is 5.29. The van der Waals surface area contributed by atoms with E-state index in [-0.39, 0.29) is 17.8 Å². The zero-order chi connectivity index (χ0) is 19.8. The van der Waals surface area contributed by atoms with Crippen molar-refractivity contribution in [3.8, 4) is 11.5 Å². The lowest BCUT2D eigenvalue weighted by molar-refractivity contribution is 0.0941. The molecule has 2 aromatic rings. The first-order valence-electron chi connectivity index (χ1n) is 8.58. The molecule has 144 valence electrons. The molecule has 0 aliphatic heterocycles. The van der Waals surface area contributed by atoms with Crippen molar-refractivity contribution in [2.24, 2.45) is 0 Å². The Hall–Kier alpha value is -2.86. The first kappa shape index (κ1) is 20.5. The monoisotopic (exact) mass is 372 g/mol. The number of hydrogen-bond donors (Lipinski definition) is 1. The number of nitrogens with one attached hydrogen (secondary N) is 1. The van der Waals surface area contributed by atoms with Crippen LogP contribution in [0.1, 0.15) is 22.0 Å². The molecule has 2 rings (SSSR count).